The van der Waals surface area contributed by atoms with Crippen LogP contribution in [-0.4, -0.2) is 22.7 Å². The Bertz CT molecular complexity index is 1170. The molecule has 0 saturated carbocycles. The Labute approximate surface area is 174 Å². The van der Waals surface area contributed by atoms with E-state index in [0.717, 1.165) is 11.1 Å². The lowest BCUT2D eigenvalue weighted by atomic mass is 10.1. The van der Waals surface area contributed by atoms with Gasteiger partial charge in [0, 0.05) is 5.56 Å². The summed E-state index contributed by atoms with van der Waals surface area (Å²) < 4.78 is 11.1. The molecule has 0 atom stereocenters. The summed E-state index contributed by atoms with van der Waals surface area (Å²) in [5.41, 5.74) is 3.70. The van der Waals surface area contributed by atoms with Crippen molar-refractivity contribution in [1.82, 2.24) is 10.1 Å². The Morgan fingerprint density at radius 2 is 1.73 bits per heavy atom. The zero-order valence-corrected chi connectivity index (χ0v) is 16.8. The van der Waals surface area contributed by atoms with Crippen molar-refractivity contribution < 1.29 is 14.1 Å². The van der Waals surface area contributed by atoms with Crippen molar-refractivity contribution in [2.45, 2.75) is 13.8 Å². The van der Waals surface area contributed by atoms with Crippen molar-refractivity contribution in [1.29, 1.82) is 0 Å². The van der Waals surface area contributed by atoms with Crippen LogP contribution in [0.25, 0.3) is 22.8 Å². The number of aryl methyl sites for hydroxylation is 1. The van der Waals surface area contributed by atoms with Gasteiger partial charge in [-0.15, -0.1) is 0 Å². The van der Waals surface area contributed by atoms with Gasteiger partial charge < -0.3 is 14.6 Å². The third-order valence-corrected chi connectivity index (χ3v) is 4.57. The average molecular weight is 399 g/mol. The molecule has 6 nitrogen and oxygen atoms in total. The van der Waals surface area contributed by atoms with Crippen LogP contribution >= 0.6 is 0 Å². The molecule has 150 valence electrons. The topological polar surface area (TPSA) is 77.2 Å². The summed E-state index contributed by atoms with van der Waals surface area (Å²) in [5.74, 6) is 1.09. The number of hydrogen-bond acceptors (Lipinski definition) is 5. The van der Waals surface area contributed by atoms with Gasteiger partial charge in [0.25, 0.3) is 11.8 Å². The third kappa shape index (κ3) is 4.07. The lowest BCUT2D eigenvalue weighted by Crippen LogP contribution is -2.14. The molecule has 1 aromatic heterocycles. The van der Waals surface area contributed by atoms with Gasteiger partial charge in [0.1, 0.15) is 5.75 Å². The SMILES string of the molecule is CCOc1ccccc1C(=O)Nc1ccccc1-c1nc(-c2ccc(C)cc2)no1. The molecule has 30 heavy (non-hydrogen) atoms. The lowest BCUT2D eigenvalue weighted by molar-refractivity contribution is 0.102. The van der Waals surface area contributed by atoms with Crippen LogP contribution in [0.2, 0.25) is 0 Å². The summed E-state index contributed by atoms with van der Waals surface area (Å²) in [6.45, 7) is 4.38. The number of hydrogen-bond donors (Lipinski definition) is 1. The molecular formula is C24H21N3O3. The van der Waals surface area contributed by atoms with Crippen LogP contribution < -0.4 is 10.1 Å². The maximum absolute atomic E-state index is 12.9. The van der Waals surface area contributed by atoms with Crippen LogP contribution in [0.4, 0.5) is 5.69 Å². The van der Waals surface area contributed by atoms with E-state index in [1.807, 2.05) is 62.4 Å². The minimum atomic E-state index is -0.273. The van der Waals surface area contributed by atoms with Crippen molar-refractivity contribution in [2.75, 3.05) is 11.9 Å². The average Bonchev–Trinajstić information content (AvgIpc) is 3.25. The number of amides is 1. The first-order chi connectivity index (χ1) is 14.7. The highest BCUT2D eigenvalue weighted by Gasteiger charge is 2.17. The van der Waals surface area contributed by atoms with Crippen molar-refractivity contribution in [3.8, 4) is 28.6 Å². The first-order valence-corrected chi connectivity index (χ1v) is 9.69. The Kier molecular flexibility index (Phi) is 5.57. The Morgan fingerprint density at radius 1 is 1.00 bits per heavy atom. The Balaban J connectivity index is 1.62. The van der Waals surface area contributed by atoms with E-state index in [1.54, 1.807) is 24.3 Å². The van der Waals surface area contributed by atoms with Crippen LogP contribution in [-0.2, 0) is 0 Å². The number of carbonyl (C=O) groups is 1. The number of benzene rings is 3. The van der Waals surface area contributed by atoms with Crippen molar-refractivity contribution in [2.24, 2.45) is 0 Å². The van der Waals surface area contributed by atoms with Gasteiger partial charge in [0.2, 0.25) is 5.82 Å². The van der Waals surface area contributed by atoms with E-state index in [0.29, 0.717) is 40.9 Å². The van der Waals surface area contributed by atoms with E-state index in [1.165, 1.54) is 0 Å². The van der Waals surface area contributed by atoms with Crippen LogP contribution in [0.5, 0.6) is 5.75 Å². The van der Waals surface area contributed by atoms with Gasteiger partial charge in [-0.05, 0) is 38.1 Å². The molecule has 0 unspecified atom stereocenters. The van der Waals surface area contributed by atoms with Crippen LogP contribution in [0, 0.1) is 6.92 Å². The summed E-state index contributed by atoms with van der Waals surface area (Å²) >= 11 is 0. The first kappa shape index (κ1) is 19.4. The van der Waals surface area contributed by atoms with E-state index in [-0.39, 0.29) is 5.91 Å². The fraction of sp³-hybridized carbons (Fsp3) is 0.125. The number of para-hydroxylation sites is 2. The van der Waals surface area contributed by atoms with Gasteiger partial charge in [-0.25, -0.2) is 0 Å². The van der Waals surface area contributed by atoms with E-state index < -0.39 is 0 Å². The van der Waals surface area contributed by atoms with E-state index in [9.17, 15) is 4.79 Å². The Hall–Kier alpha value is -3.93. The second-order valence-electron chi connectivity index (χ2n) is 6.72. The molecule has 0 bridgehead atoms. The summed E-state index contributed by atoms with van der Waals surface area (Å²) in [5, 5.41) is 7.02. The van der Waals surface area contributed by atoms with Crippen molar-refractivity contribution >= 4 is 11.6 Å². The number of rotatable bonds is 6. The number of carbonyl (C=O) groups excluding carboxylic acids is 1. The molecule has 0 spiro atoms. The third-order valence-electron chi connectivity index (χ3n) is 4.57. The monoisotopic (exact) mass is 399 g/mol. The van der Waals surface area contributed by atoms with E-state index >= 15 is 0 Å². The second kappa shape index (κ2) is 8.61. The van der Waals surface area contributed by atoms with Gasteiger partial charge in [0.05, 0.1) is 23.4 Å². The number of nitrogens with one attached hydrogen (secondary N) is 1. The number of anilines is 1. The van der Waals surface area contributed by atoms with Gasteiger partial charge in [-0.1, -0.05) is 59.3 Å². The summed E-state index contributed by atoms with van der Waals surface area (Å²) in [4.78, 5) is 17.4. The molecule has 0 saturated heterocycles. The quantitative estimate of drug-likeness (QED) is 0.472. The summed E-state index contributed by atoms with van der Waals surface area (Å²) in [6.07, 6.45) is 0. The molecule has 1 heterocycles. The zero-order valence-electron chi connectivity index (χ0n) is 16.8. The molecule has 1 N–H and O–H groups in total. The minimum absolute atomic E-state index is 0.273. The molecule has 4 rings (SSSR count). The minimum Gasteiger partial charge on any atom is -0.493 e. The summed E-state index contributed by atoms with van der Waals surface area (Å²) in [7, 11) is 0. The predicted molar refractivity (Wildman–Crippen MR) is 115 cm³/mol. The maximum Gasteiger partial charge on any atom is 0.260 e. The van der Waals surface area contributed by atoms with Crippen molar-refractivity contribution in [3.63, 3.8) is 0 Å². The molecule has 0 aliphatic heterocycles. The normalized spacial score (nSPS) is 10.6. The zero-order chi connectivity index (χ0) is 20.9. The maximum atomic E-state index is 12.9. The molecule has 0 fully saturated rings. The molecule has 0 radical (unpaired) electrons. The van der Waals surface area contributed by atoms with Gasteiger partial charge in [-0.2, -0.15) is 4.98 Å². The Morgan fingerprint density at radius 3 is 2.53 bits per heavy atom. The summed E-state index contributed by atoms with van der Waals surface area (Å²) in [6, 6.07) is 22.3. The fourth-order valence-electron chi connectivity index (χ4n) is 3.06. The van der Waals surface area contributed by atoms with Gasteiger partial charge in [0.15, 0.2) is 0 Å². The number of nitrogens with zero attached hydrogens (tertiary/aromatic N) is 2. The fourth-order valence-corrected chi connectivity index (χ4v) is 3.06. The van der Waals surface area contributed by atoms with E-state index in [2.05, 4.69) is 15.5 Å². The lowest BCUT2D eigenvalue weighted by Gasteiger charge is -2.12. The van der Waals surface area contributed by atoms with Crippen LogP contribution in [0.3, 0.4) is 0 Å². The van der Waals surface area contributed by atoms with Crippen LogP contribution in [0.15, 0.2) is 77.3 Å². The smallest absolute Gasteiger partial charge is 0.260 e. The molecule has 4 aromatic rings. The molecule has 3 aromatic carbocycles. The highest BCUT2D eigenvalue weighted by atomic mass is 16.5. The first-order valence-electron chi connectivity index (χ1n) is 9.69. The van der Waals surface area contributed by atoms with Gasteiger partial charge >= 0.3 is 0 Å². The second-order valence-corrected chi connectivity index (χ2v) is 6.72. The predicted octanol–water partition coefficient (Wildman–Crippen LogP) is 5.36. The van der Waals surface area contributed by atoms with E-state index in [4.69, 9.17) is 9.26 Å². The molecule has 0 aliphatic rings. The number of aromatic nitrogens is 2. The number of ether oxygens (including phenoxy) is 1. The highest BCUT2D eigenvalue weighted by Crippen LogP contribution is 2.29. The highest BCUT2D eigenvalue weighted by molar-refractivity contribution is 6.07. The molecule has 0 aliphatic carbocycles. The largest absolute Gasteiger partial charge is 0.493 e. The molecule has 6 heteroatoms. The standard InChI is InChI=1S/C24H21N3O3/c1-3-29-21-11-7-5-9-19(21)23(28)25-20-10-6-4-8-18(20)24-26-22(27-30-24)17-14-12-16(2)13-15-17/h4-15H,3H2,1-2H3,(H,25,28). The molecule has 1 amide bonds. The van der Waals surface area contributed by atoms with Gasteiger partial charge in [-0.3, -0.25) is 4.79 Å². The molecular weight excluding hydrogens is 378 g/mol. The van der Waals surface area contributed by atoms with Crippen molar-refractivity contribution in [3.05, 3.63) is 83.9 Å². The van der Waals surface area contributed by atoms with Crippen LogP contribution in [0.1, 0.15) is 22.8 Å².